The highest BCUT2D eigenvalue weighted by Crippen LogP contribution is 2.15. The second-order valence-corrected chi connectivity index (χ2v) is 2.59. The van der Waals surface area contributed by atoms with Gasteiger partial charge in [-0.15, -0.1) is 0 Å². The summed E-state index contributed by atoms with van der Waals surface area (Å²) >= 11 is 0. The third-order valence-electron chi connectivity index (χ3n) is 1.69. The Balaban J connectivity index is 2.65. The molecule has 4 heteroatoms. The molecule has 0 spiro atoms. The molecule has 1 unspecified atom stereocenters. The van der Waals surface area contributed by atoms with Crippen LogP contribution in [0, 0.1) is 5.82 Å². The van der Waals surface area contributed by atoms with Gasteiger partial charge in [0.15, 0.2) is 0 Å². The zero-order chi connectivity index (χ0) is 9.68. The number of hydrogen-bond acceptors (Lipinski definition) is 3. The van der Waals surface area contributed by atoms with Gasteiger partial charge in [0.1, 0.15) is 5.82 Å². The molecule has 0 bridgehead atoms. The van der Waals surface area contributed by atoms with E-state index in [2.05, 4.69) is 10.3 Å². The molecule has 0 heterocycles. The van der Waals surface area contributed by atoms with Crippen molar-refractivity contribution in [2.24, 2.45) is 0 Å². The molecule has 13 heavy (non-hydrogen) atoms. The number of nitrogens with one attached hydrogen (secondary N) is 1. The molecule has 0 aromatic heterocycles. The van der Waals surface area contributed by atoms with Crippen molar-refractivity contribution in [2.75, 3.05) is 13.7 Å². The van der Waals surface area contributed by atoms with Gasteiger partial charge in [-0.3, -0.25) is 0 Å². The SMILES string of the molecule is CONCC(O)c1ccccc1F. The molecule has 1 atom stereocenters. The molecule has 1 aromatic carbocycles. The maximum absolute atomic E-state index is 13.0. The third-order valence-corrected chi connectivity index (χ3v) is 1.69. The number of hydrogen-bond donors (Lipinski definition) is 2. The first kappa shape index (κ1) is 10.1. The lowest BCUT2D eigenvalue weighted by Gasteiger charge is -2.11. The predicted molar refractivity (Wildman–Crippen MR) is 46.4 cm³/mol. The van der Waals surface area contributed by atoms with E-state index in [1.807, 2.05) is 0 Å². The molecular formula is C9H12FNO2. The molecule has 2 N–H and O–H groups in total. The normalized spacial score (nSPS) is 12.8. The van der Waals surface area contributed by atoms with Crippen LogP contribution in [0.15, 0.2) is 24.3 Å². The van der Waals surface area contributed by atoms with Crippen LogP contribution in [0.25, 0.3) is 0 Å². The van der Waals surface area contributed by atoms with E-state index < -0.39 is 11.9 Å². The van der Waals surface area contributed by atoms with Crippen molar-refractivity contribution in [3.8, 4) is 0 Å². The Bertz CT molecular complexity index is 268. The minimum absolute atomic E-state index is 0.164. The maximum Gasteiger partial charge on any atom is 0.129 e. The van der Waals surface area contributed by atoms with Gasteiger partial charge in [-0.2, -0.15) is 5.48 Å². The largest absolute Gasteiger partial charge is 0.387 e. The molecule has 0 aliphatic carbocycles. The summed E-state index contributed by atoms with van der Waals surface area (Å²) in [7, 11) is 1.44. The van der Waals surface area contributed by atoms with Crippen molar-refractivity contribution >= 4 is 0 Å². The third kappa shape index (κ3) is 2.77. The first-order chi connectivity index (χ1) is 6.25. The van der Waals surface area contributed by atoms with Crippen LogP contribution in [0.3, 0.4) is 0 Å². The smallest absolute Gasteiger partial charge is 0.129 e. The fourth-order valence-corrected chi connectivity index (χ4v) is 1.02. The lowest BCUT2D eigenvalue weighted by molar-refractivity contribution is 0.0488. The summed E-state index contributed by atoms with van der Waals surface area (Å²) < 4.78 is 13.0. The standard InChI is InChI=1S/C9H12FNO2/c1-13-11-6-9(12)7-4-2-3-5-8(7)10/h2-5,9,11-12H,6H2,1H3. The van der Waals surface area contributed by atoms with Gasteiger partial charge >= 0.3 is 0 Å². The average Bonchev–Trinajstić information content (AvgIpc) is 2.15. The van der Waals surface area contributed by atoms with E-state index in [0.29, 0.717) is 0 Å². The molecule has 1 aromatic rings. The number of benzene rings is 1. The summed E-state index contributed by atoms with van der Waals surface area (Å²) in [5.41, 5.74) is 2.73. The van der Waals surface area contributed by atoms with Crippen LogP contribution < -0.4 is 5.48 Å². The van der Waals surface area contributed by atoms with Crippen molar-refractivity contribution in [1.82, 2.24) is 5.48 Å². The van der Waals surface area contributed by atoms with E-state index >= 15 is 0 Å². The van der Waals surface area contributed by atoms with Crippen LogP contribution in [0.2, 0.25) is 0 Å². The Morgan fingerprint density at radius 1 is 1.54 bits per heavy atom. The van der Waals surface area contributed by atoms with Gasteiger partial charge in [0.2, 0.25) is 0 Å². The van der Waals surface area contributed by atoms with E-state index in [1.54, 1.807) is 12.1 Å². The van der Waals surface area contributed by atoms with Gasteiger partial charge in [0.05, 0.1) is 19.8 Å². The van der Waals surface area contributed by atoms with Gasteiger partial charge in [0.25, 0.3) is 0 Å². The number of rotatable bonds is 4. The molecule has 0 amide bonds. The number of halogens is 1. The fourth-order valence-electron chi connectivity index (χ4n) is 1.02. The van der Waals surface area contributed by atoms with Crippen LogP contribution >= 0.6 is 0 Å². The van der Waals surface area contributed by atoms with E-state index in [4.69, 9.17) is 0 Å². The van der Waals surface area contributed by atoms with Crippen molar-refractivity contribution < 1.29 is 14.3 Å². The summed E-state index contributed by atoms with van der Waals surface area (Å²) in [6.45, 7) is 0.164. The zero-order valence-corrected chi connectivity index (χ0v) is 7.33. The summed E-state index contributed by atoms with van der Waals surface area (Å²) in [5.74, 6) is -0.409. The Morgan fingerprint density at radius 3 is 2.85 bits per heavy atom. The Labute approximate surface area is 76.1 Å². The van der Waals surface area contributed by atoms with Gasteiger partial charge < -0.3 is 9.94 Å². The quantitative estimate of drug-likeness (QED) is 0.688. The molecule has 0 fully saturated rings. The van der Waals surface area contributed by atoms with Crippen LogP contribution in [0.1, 0.15) is 11.7 Å². The highest BCUT2D eigenvalue weighted by atomic mass is 19.1. The van der Waals surface area contributed by atoms with Gasteiger partial charge in [-0.05, 0) is 6.07 Å². The van der Waals surface area contributed by atoms with Crippen molar-refractivity contribution in [3.63, 3.8) is 0 Å². The summed E-state index contributed by atoms with van der Waals surface area (Å²) in [5, 5.41) is 9.45. The van der Waals surface area contributed by atoms with Crippen molar-refractivity contribution in [3.05, 3.63) is 35.6 Å². The fraction of sp³-hybridized carbons (Fsp3) is 0.333. The summed E-state index contributed by atoms with van der Waals surface area (Å²) in [6, 6.07) is 6.10. The van der Waals surface area contributed by atoms with Crippen LogP contribution in [0.5, 0.6) is 0 Å². The summed E-state index contributed by atoms with van der Waals surface area (Å²) in [4.78, 5) is 4.54. The van der Waals surface area contributed by atoms with Gasteiger partial charge in [-0.1, -0.05) is 18.2 Å². The zero-order valence-electron chi connectivity index (χ0n) is 7.33. The number of hydroxylamine groups is 1. The highest BCUT2D eigenvalue weighted by Gasteiger charge is 2.10. The average molecular weight is 185 g/mol. The maximum atomic E-state index is 13.0. The molecule has 0 saturated carbocycles. The van der Waals surface area contributed by atoms with E-state index in [9.17, 15) is 9.50 Å². The highest BCUT2D eigenvalue weighted by molar-refractivity contribution is 5.19. The minimum Gasteiger partial charge on any atom is -0.387 e. The predicted octanol–water partition coefficient (Wildman–Crippen LogP) is 1.01. The molecule has 1 rings (SSSR count). The van der Waals surface area contributed by atoms with E-state index in [0.717, 1.165) is 0 Å². The molecular weight excluding hydrogens is 173 g/mol. The van der Waals surface area contributed by atoms with Gasteiger partial charge in [0, 0.05) is 5.56 Å². The van der Waals surface area contributed by atoms with Crippen LogP contribution in [0.4, 0.5) is 4.39 Å². The molecule has 3 nitrogen and oxygen atoms in total. The van der Waals surface area contributed by atoms with E-state index in [1.165, 1.54) is 19.2 Å². The first-order valence-corrected chi connectivity index (χ1v) is 3.94. The summed E-state index contributed by atoms with van der Waals surface area (Å²) in [6.07, 6.45) is -0.888. The van der Waals surface area contributed by atoms with Crippen LogP contribution in [-0.4, -0.2) is 18.8 Å². The second kappa shape index (κ2) is 4.91. The molecule has 72 valence electrons. The van der Waals surface area contributed by atoms with Crippen molar-refractivity contribution in [1.29, 1.82) is 0 Å². The number of aliphatic hydroxyl groups is 1. The molecule has 0 aliphatic heterocycles. The lowest BCUT2D eigenvalue weighted by atomic mass is 10.1. The van der Waals surface area contributed by atoms with Crippen molar-refractivity contribution in [2.45, 2.75) is 6.10 Å². The van der Waals surface area contributed by atoms with Crippen LogP contribution in [-0.2, 0) is 4.84 Å². The number of aliphatic hydroxyl groups excluding tert-OH is 1. The first-order valence-electron chi connectivity index (χ1n) is 3.94. The minimum atomic E-state index is -0.888. The molecule has 0 saturated heterocycles. The Kier molecular flexibility index (Phi) is 3.82. The van der Waals surface area contributed by atoms with Gasteiger partial charge in [-0.25, -0.2) is 4.39 Å². The topological polar surface area (TPSA) is 41.5 Å². The molecule has 0 radical (unpaired) electrons. The Hall–Kier alpha value is -0.970. The molecule has 0 aliphatic rings. The second-order valence-electron chi connectivity index (χ2n) is 2.59. The van der Waals surface area contributed by atoms with E-state index in [-0.39, 0.29) is 12.1 Å². The monoisotopic (exact) mass is 185 g/mol. The Morgan fingerprint density at radius 2 is 2.23 bits per heavy atom. The lowest BCUT2D eigenvalue weighted by Crippen LogP contribution is -2.20.